The first-order valence-corrected chi connectivity index (χ1v) is 9.70. The van der Waals surface area contributed by atoms with Crippen LogP contribution in [0.2, 0.25) is 0 Å². The van der Waals surface area contributed by atoms with Crippen molar-refractivity contribution in [2.24, 2.45) is 0 Å². The minimum Gasteiger partial charge on any atom is -0.461 e. The molecule has 0 spiro atoms. The van der Waals surface area contributed by atoms with Crippen LogP contribution in [0.15, 0.2) is 37.9 Å². The first kappa shape index (κ1) is 25.3. The van der Waals surface area contributed by atoms with Crippen molar-refractivity contribution in [1.29, 1.82) is 0 Å². The molecule has 5 N–H and O–H groups in total. The second-order valence-electron chi connectivity index (χ2n) is 6.28. The minimum atomic E-state index is -0.456. The molecule has 0 fully saturated rings. The number of aliphatic hydroxyl groups is 3. The predicted octanol–water partition coefficient (Wildman–Crippen LogP) is 2.59. The molecule has 0 radical (unpaired) electrons. The van der Waals surface area contributed by atoms with Crippen LogP contribution in [0.25, 0.3) is 11.1 Å². The van der Waals surface area contributed by atoms with Gasteiger partial charge in [0, 0.05) is 17.8 Å². The summed E-state index contributed by atoms with van der Waals surface area (Å²) >= 11 is 0. The standard InChI is InChI=1S/C21H28N2O5.C2H4/c1-4-6-15-19(18(9-22-3)23-20(15)21(27)28-5-2)14-8-7-13(10-24)16(11-25)17(14)12-26;1-2/h4,7-8,22-26H,1,5-6,9-12H2,2-3H3;1-2H2. The van der Waals surface area contributed by atoms with Crippen LogP contribution in [0.3, 0.4) is 0 Å². The van der Waals surface area contributed by atoms with Gasteiger partial charge < -0.3 is 30.4 Å². The first-order valence-electron chi connectivity index (χ1n) is 9.70. The van der Waals surface area contributed by atoms with Crippen LogP contribution >= 0.6 is 0 Å². The molecule has 7 heteroatoms. The van der Waals surface area contributed by atoms with Gasteiger partial charge in [0.05, 0.1) is 26.4 Å². The molecule has 2 aromatic rings. The highest BCUT2D eigenvalue weighted by Crippen LogP contribution is 2.36. The fourth-order valence-corrected chi connectivity index (χ4v) is 3.46. The molecule has 164 valence electrons. The number of allylic oxidation sites excluding steroid dienone is 1. The van der Waals surface area contributed by atoms with Gasteiger partial charge in [0.15, 0.2) is 0 Å². The zero-order valence-electron chi connectivity index (χ0n) is 17.8. The number of esters is 1. The molecule has 1 aromatic heterocycles. The molecule has 7 nitrogen and oxygen atoms in total. The van der Waals surface area contributed by atoms with Crippen LogP contribution in [0.5, 0.6) is 0 Å². The fraction of sp³-hybridized carbons (Fsp3) is 0.348. The highest BCUT2D eigenvalue weighted by molar-refractivity contribution is 5.93. The highest BCUT2D eigenvalue weighted by atomic mass is 16.5. The van der Waals surface area contributed by atoms with Gasteiger partial charge in [0.2, 0.25) is 0 Å². The fourth-order valence-electron chi connectivity index (χ4n) is 3.46. The van der Waals surface area contributed by atoms with E-state index in [-0.39, 0.29) is 26.4 Å². The molecule has 1 aromatic carbocycles. The number of aromatic amines is 1. The highest BCUT2D eigenvalue weighted by Gasteiger charge is 2.25. The van der Waals surface area contributed by atoms with Crippen LogP contribution in [0.4, 0.5) is 0 Å². The molecule has 0 aliphatic carbocycles. The molecular weight excluding hydrogens is 384 g/mol. The summed E-state index contributed by atoms with van der Waals surface area (Å²) in [5.41, 5.74) is 4.84. The second-order valence-corrected chi connectivity index (χ2v) is 6.28. The Morgan fingerprint density at radius 1 is 1.13 bits per heavy atom. The van der Waals surface area contributed by atoms with Crippen LogP contribution in [0.1, 0.15) is 45.4 Å². The molecule has 1 heterocycles. The average molecular weight is 417 g/mol. The Morgan fingerprint density at radius 2 is 1.80 bits per heavy atom. The van der Waals surface area contributed by atoms with E-state index in [2.05, 4.69) is 30.0 Å². The van der Waals surface area contributed by atoms with Crippen LogP contribution in [-0.2, 0) is 37.5 Å². The molecule has 0 bridgehead atoms. The maximum atomic E-state index is 12.5. The monoisotopic (exact) mass is 416 g/mol. The van der Waals surface area contributed by atoms with Crippen molar-refractivity contribution in [3.8, 4) is 11.1 Å². The lowest BCUT2D eigenvalue weighted by atomic mass is 9.89. The molecule has 2 rings (SSSR count). The van der Waals surface area contributed by atoms with Gasteiger partial charge in [-0.25, -0.2) is 4.79 Å². The molecule has 30 heavy (non-hydrogen) atoms. The number of carbonyl (C=O) groups excluding carboxylic acids is 1. The van der Waals surface area contributed by atoms with E-state index in [0.29, 0.717) is 46.5 Å². The van der Waals surface area contributed by atoms with Crippen molar-refractivity contribution in [3.63, 3.8) is 0 Å². The number of hydrogen-bond donors (Lipinski definition) is 5. The predicted molar refractivity (Wildman–Crippen MR) is 118 cm³/mol. The van der Waals surface area contributed by atoms with Gasteiger partial charge in [-0.05, 0) is 48.2 Å². The number of aliphatic hydroxyl groups excluding tert-OH is 3. The van der Waals surface area contributed by atoms with E-state index >= 15 is 0 Å². The largest absolute Gasteiger partial charge is 0.461 e. The van der Waals surface area contributed by atoms with E-state index in [1.807, 2.05) is 0 Å². The lowest BCUT2D eigenvalue weighted by Crippen LogP contribution is -2.09. The van der Waals surface area contributed by atoms with E-state index in [1.54, 1.807) is 32.2 Å². The molecule has 0 atom stereocenters. The number of rotatable bonds is 10. The molecular formula is C23H32N2O5. The summed E-state index contributed by atoms with van der Waals surface area (Å²) in [4.78, 5) is 15.6. The zero-order valence-corrected chi connectivity index (χ0v) is 17.8. The van der Waals surface area contributed by atoms with Gasteiger partial charge in [-0.2, -0.15) is 0 Å². The van der Waals surface area contributed by atoms with Gasteiger partial charge in [0.1, 0.15) is 5.69 Å². The third-order valence-corrected chi connectivity index (χ3v) is 4.65. The van der Waals surface area contributed by atoms with E-state index in [1.165, 1.54) is 0 Å². The summed E-state index contributed by atoms with van der Waals surface area (Å²) in [7, 11) is 1.79. The number of H-pyrrole nitrogens is 1. The van der Waals surface area contributed by atoms with Crippen molar-refractivity contribution in [2.75, 3.05) is 13.7 Å². The van der Waals surface area contributed by atoms with Crippen molar-refractivity contribution in [2.45, 2.75) is 39.7 Å². The molecule has 0 saturated carbocycles. The van der Waals surface area contributed by atoms with Crippen molar-refractivity contribution in [1.82, 2.24) is 10.3 Å². The topological polar surface area (TPSA) is 115 Å². The summed E-state index contributed by atoms with van der Waals surface area (Å²) in [5, 5.41) is 32.5. The first-order chi connectivity index (χ1) is 14.6. The SMILES string of the molecule is C=C.C=CCc1c(C(=O)OCC)[nH]c(CNC)c1-c1ccc(CO)c(CO)c1CO. The Morgan fingerprint density at radius 3 is 2.30 bits per heavy atom. The normalized spacial score (nSPS) is 10.3. The summed E-state index contributed by atoms with van der Waals surface area (Å²) in [5.74, 6) is -0.456. The maximum absolute atomic E-state index is 12.5. The van der Waals surface area contributed by atoms with Crippen molar-refractivity contribution < 1.29 is 24.9 Å². The number of nitrogens with one attached hydrogen (secondary N) is 2. The molecule has 0 aliphatic rings. The van der Waals surface area contributed by atoms with Crippen LogP contribution < -0.4 is 5.32 Å². The smallest absolute Gasteiger partial charge is 0.355 e. The lowest BCUT2D eigenvalue weighted by Gasteiger charge is -2.17. The molecule has 0 unspecified atom stereocenters. The number of carbonyl (C=O) groups is 1. The zero-order chi connectivity index (χ0) is 22.7. The van der Waals surface area contributed by atoms with Gasteiger partial charge in [-0.15, -0.1) is 19.7 Å². The second kappa shape index (κ2) is 12.8. The third-order valence-electron chi connectivity index (χ3n) is 4.65. The minimum absolute atomic E-state index is 0.243. The van der Waals surface area contributed by atoms with Crippen LogP contribution in [-0.4, -0.2) is 39.9 Å². The number of ether oxygens (including phenoxy) is 1. The Balaban J connectivity index is 0.00000218. The van der Waals surface area contributed by atoms with Gasteiger partial charge in [-0.3, -0.25) is 0 Å². The Labute approximate surface area is 177 Å². The molecule has 0 saturated heterocycles. The van der Waals surface area contributed by atoms with Gasteiger partial charge >= 0.3 is 5.97 Å². The van der Waals surface area contributed by atoms with Gasteiger partial charge in [-0.1, -0.05) is 18.2 Å². The van der Waals surface area contributed by atoms with Gasteiger partial charge in [0.25, 0.3) is 0 Å². The quantitative estimate of drug-likeness (QED) is 0.300. The van der Waals surface area contributed by atoms with Crippen LogP contribution in [0, 0.1) is 0 Å². The van der Waals surface area contributed by atoms with E-state index < -0.39 is 5.97 Å². The van der Waals surface area contributed by atoms with E-state index in [9.17, 15) is 20.1 Å². The summed E-state index contributed by atoms with van der Waals surface area (Å²) in [6, 6.07) is 3.51. The summed E-state index contributed by atoms with van der Waals surface area (Å²) in [6.07, 6.45) is 2.12. The Bertz CT molecular complexity index is 858. The van der Waals surface area contributed by atoms with Crippen molar-refractivity contribution in [3.05, 3.63) is 71.6 Å². The molecule has 0 aliphatic heterocycles. The number of hydrogen-bond acceptors (Lipinski definition) is 6. The van der Waals surface area contributed by atoms with Crippen molar-refractivity contribution >= 4 is 5.97 Å². The number of benzene rings is 1. The average Bonchev–Trinajstić information content (AvgIpc) is 3.12. The maximum Gasteiger partial charge on any atom is 0.355 e. The third kappa shape index (κ3) is 5.25. The van der Waals surface area contributed by atoms with E-state index in [4.69, 9.17) is 4.74 Å². The number of aromatic nitrogens is 1. The Kier molecular flexibility index (Phi) is 10.8. The lowest BCUT2D eigenvalue weighted by molar-refractivity contribution is 0.0519. The summed E-state index contributed by atoms with van der Waals surface area (Å²) in [6.45, 7) is 11.4. The summed E-state index contributed by atoms with van der Waals surface area (Å²) < 4.78 is 5.19. The van der Waals surface area contributed by atoms with E-state index in [0.717, 1.165) is 11.3 Å². The molecule has 0 amide bonds. The Hall–Kier alpha value is -2.71.